The van der Waals surface area contributed by atoms with Gasteiger partial charge < -0.3 is 9.47 Å². The molecule has 8 heteroatoms. The number of rotatable bonds is 7. The van der Waals surface area contributed by atoms with Gasteiger partial charge in [0.1, 0.15) is 5.01 Å². The summed E-state index contributed by atoms with van der Waals surface area (Å²) in [5.74, 6) is 1.15. The zero-order valence-corrected chi connectivity index (χ0v) is 15.5. The number of para-hydroxylation sites is 1. The van der Waals surface area contributed by atoms with Gasteiger partial charge in [0.25, 0.3) is 9.05 Å². The standard InChI is InChI=1S/C15H18ClNO4S2/c1-4-5-9-21-13-11(7-6-8-12(13)20-3)14-17-10(2)15(22-14)23(16,18)19/h6-8H,4-5,9H2,1-3H3. The molecule has 0 aliphatic carbocycles. The molecule has 0 aliphatic heterocycles. The van der Waals surface area contributed by atoms with Crippen LogP contribution in [0.15, 0.2) is 22.4 Å². The number of benzene rings is 1. The molecule has 0 saturated carbocycles. The second kappa shape index (κ2) is 7.51. The quantitative estimate of drug-likeness (QED) is 0.535. The molecule has 0 radical (unpaired) electrons. The van der Waals surface area contributed by atoms with Crippen molar-refractivity contribution in [1.29, 1.82) is 0 Å². The molecule has 0 fully saturated rings. The van der Waals surface area contributed by atoms with Crippen LogP contribution in [0.2, 0.25) is 0 Å². The Bertz CT molecular complexity index is 787. The van der Waals surface area contributed by atoms with Crippen molar-refractivity contribution in [3.8, 4) is 22.1 Å². The van der Waals surface area contributed by atoms with E-state index in [1.165, 1.54) is 0 Å². The normalized spacial score (nSPS) is 11.5. The zero-order valence-electron chi connectivity index (χ0n) is 13.1. The molecule has 2 aromatic rings. The fourth-order valence-corrected chi connectivity index (χ4v) is 4.51. The molecule has 23 heavy (non-hydrogen) atoms. The summed E-state index contributed by atoms with van der Waals surface area (Å²) in [4.78, 5) is 4.33. The molecular formula is C15H18ClNO4S2. The van der Waals surface area contributed by atoms with Crippen molar-refractivity contribution in [2.24, 2.45) is 0 Å². The summed E-state index contributed by atoms with van der Waals surface area (Å²) in [5, 5.41) is 0.534. The van der Waals surface area contributed by atoms with Gasteiger partial charge >= 0.3 is 0 Å². The number of halogens is 1. The van der Waals surface area contributed by atoms with E-state index in [2.05, 4.69) is 11.9 Å². The molecular weight excluding hydrogens is 358 g/mol. The summed E-state index contributed by atoms with van der Waals surface area (Å²) < 4.78 is 34.4. The fourth-order valence-electron chi connectivity index (χ4n) is 2.04. The maximum Gasteiger partial charge on any atom is 0.272 e. The van der Waals surface area contributed by atoms with Gasteiger partial charge in [-0.15, -0.1) is 11.3 Å². The predicted octanol–water partition coefficient (Wildman–Crippen LogP) is 4.23. The second-order valence-electron chi connectivity index (χ2n) is 4.87. The van der Waals surface area contributed by atoms with Crippen molar-refractivity contribution < 1.29 is 17.9 Å². The first-order chi connectivity index (χ1) is 10.9. The average Bonchev–Trinajstić information content (AvgIpc) is 2.89. The summed E-state index contributed by atoms with van der Waals surface area (Å²) in [5.41, 5.74) is 1.07. The van der Waals surface area contributed by atoms with E-state index in [1.54, 1.807) is 20.1 Å². The highest BCUT2D eigenvalue weighted by molar-refractivity contribution is 8.15. The maximum atomic E-state index is 11.6. The molecule has 0 aliphatic rings. The lowest BCUT2D eigenvalue weighted by Gasteiger charge is -2.13. The van der Waals surface area contributed by atoms with E-state index in [9.17, 15) is 8.42 Å². The molecule has 0 amide bonds. The molecule has 5 nitrogen and oxygen atoms in total. The van der Waals surface area contributed by atoms with Crippen LogP contribution in [-0.4, -0.2) is 27.1 Å². The van der Waals surface area contributed by atoms with Crippen LogP contribution in [0.4, 0.5) is 0 Å². The fraction of sp³-hybridized carbons (Fsp3) is 0.400. The molecule has 1 aromatic carbocycles. The van der Waals surface area contributed by atoms with E-state index in [0.717, 1.165) is 24.2 Å². The van der Waals surface area contributed by atoms with Gasteiger partial charge in [0, 0.05) is 10.7 Å². The Morgan fingerprint density at radius 2 is 2.09 bits per heavy atom. The van der Waals surface area contributed by atoms with Gasteiger partial charge in [-0.1, -0.05) is 19.4 Å². The minimum atomic E-state index is -3.81. The minimum absolute atomic E-state index is 0.0523. The molecule has 0 N–H and O–H groups in total. The third-order valence-electron chi connectivity index (χ3n) is 3.15. The van der Waals surface area contributed by atoms with Crippen molar-refractivity contribution >= 4 is 31.1 Å². The number of thiazole rings is 1. The van der Waals surface area contributed by atoms with Crippen LogP contribution in [0, 0.1) is 6.92 Å². The SMILES string of the molecule is CCCCOc1c(OC)cccc1-c1nc(C)c(S(=O)(=O)Cl)s1. The average molecular weight is 376 g/mol. The minimum Gasteiger partial charge on any atom is -0.493 e. The summed E-state index contributed by atoms with van der Waals surface area (Å²) in [6.45, 7) is 4.25. The molecule has 0 atom stereocenters. The van der Waals surface area contributed by atoms with Crippen LogP contribution in [0.5, 0.6) is 11.5 Å². The van der Waals surface area contributed by atoms with Crippen molar-refractivity contribution in [3.05, 3.63) is 23.9 Å². The van der Waals surface area contributed by atoms with Crippen molar-refractivity contribution in [2.75, 3.05) is 13.7 Å². The Hall–Kier alpha value is -1.31. The number of aromatic nitrogens is 1. The van der Waals surface area contributed by atoms with Crippen LogP contribution < -0.4 is 9.47 Å². The van der Waals surface area contributed by atoms with E-state index in [0.29, 0.717) is 34.4 Å². The number of aryl methyl sites for hydroxylation is 1. The Kier molecular flexibility index (Phi) is 5.89. The Labute approximate surface area is 144 Å². The van der Waals surface area contributed by atoms with E-state index in [1.807, 2.05) is 12.1 Å². The molecule has 0 saturated heterocycles. The second-order valence-corrected chi connectivity index (χ2v) is 8.63. The maximum absolute atomic E-state index is 11.6. The number of ether oxygens (including phenoxy) is 2. The van der Waals surface area contributed by atoms with Gasteiger partial charge in [-0.3, -0.25) is 0 Å². The van der Waals surface area contributed by atoms with Crippen LogP contribution in [0.25, 0.3) is 10.6 Å². The predicted molar refractivity (Wildman–Crippen MR) is 92.3 cm³/mol. The van der Waals surface area contributed by atoms with Gasteiger partial charge in [-0.25, -0.2) is 13.4 Å². The van der Waals surface area contributed by atoms with E-state index in [-0.39, 0.29) is 4.21 Å². The van der Waals surface area contributed by atoms with Crippen molar-refractivity contribution in [2.45, 2.75) is 30.9 Å². The van der Waals surface area contributed by atoms with Crippen LogP contribution >= 0.6 is 22.0 Å². The molecule has 2 rings (SSSR count). The van der Waals surface area contributed by atoms with E-state index < -0.39 is 9.05 Å². The lowest BCUT2D eigenvalue weighted by molar-refractivity contribution is 0.289. The number of nitrogens with zero attached hydrogens (tertiary/aromatic N) is 1. The first kappa shape index (κ1) is 18.0. The highest BCUT2D eigenvalue weighted by atomic mass is 35.7. The Morgan fingerprint density at radius 1 is 1.35 bits per heavy atom. The smallest absolute Gasteiger partial charge is 0.272 e. The molecule has 1 aromatic heterocycles. The monoisotopic (exact) mass is 375 g/mol. The highest BCUT2D eigenvalue weighted by Crippen LogP contribution is 2.41. The Morgan fingerprint density at radius 3 is 2.65 bits per heavy atom. The topological polar surface area (TPSA) is 65.5 Å². The lowest BCUT2D eigenvalue weighted by Crippen LogP contribution is -2.00. The van der Waals surface area contributed by atoms with Crippen LogP contribution in [0.1, 0.15) is 25.5 Å². The molecule has 0 spiro atoms. The molecule has 126 valence electrons. The van der Waals surface area contributed by atoms with Crippen molar-refractivity contribution in [3.63, 3.8) is 0 Å². The van der Waals surface area contributed by atoms with Gasteiger partial charge in [0.15, 0.2) is 15.7 Å². The largest absolute Gasteiger partial charge is 0.493 e. The molecule has 1 heterocycles. The number of hydrogen-bond donors (Lipinski definition) is 0. The number of unbranched alkanes of at least 4 members (excludes halogenated alkanes) is 1. The molecule has 0 unspecified atom stereocenters. The van der Waals surface area contributed by atoms with Gasteiger partial charge in [-0.05, 0) is 25.5 Å². The van der Waals surface area contributed by atoms with E-state index in [4.69, 9.17) is 20.2 Å². The summed E-state index contributed by atoms with van der Waals surface area (Å²) in [7, 11) is 3.20. The van der Waals surface area contributed by atoms with Gasteiger partial charge in [0.2, 0.25) is 0 Å². The zero-order chi connectivity index (χ0) is 17.0. The number of hydrogen-bond acceptors (Lipinski definition) is 6. The van der Waals surface area contributed by atoms with E-state index >= 15 is 0 Å². The summed E-state index contributed by atoms with van der Waals surface area (Å²) in [6, 6.07) is 5.43. The number of methoxy groups -OCH3 is 1. The summed E-state index contributed by atoms with van der Waals surface area (Å²) >= 11 is 1.03. The Balaban J connectivity index is 2.50. The third kappa shape index (κ3) is 4.16. The third-order valence-corrected chi connectivity index (χ3v) is 6.52. The van der Waals surface area contributed by atoms with Crippen molar-refractivity contribution in [1.82, 2.24) is 4.98 Å². The highest BCUT2D eigenvalue weighted by Gasteiger charge is 2.22. The van der Waals surface area contributed by atoms with Crippen LogP contribution in [0.3, 0.4) is 0 Å². The molecule has 0 bridgehead atoms. The first-order valence-electron chi connectivity index (χ1n) is 7.10. The summed E-state index contributed by atoms with van der Waals surface area (Å²) in [6.07, 6.45) is 1.92. The van der Waals surface area contributed by atoms with Gasteiger partial charge in [-0.2, -0.15) is 0 Å². The first-order valence-corrected chi connectivity index (χ1v) is 10.2. The van der Waals surface area contributed by atoms with Crippen LogP contribution in [-0.2, 0) is 9.05 Å². The lowest BCUT2D eigenvalue weighted by atomic mass is 10.2. The van der Waals surface area contributed by atoms with Gasteiger partial charge in [0.05, 0.1) is 25.0 Å².